The summed E-state index contributed by atoms with van der Waals surface area (Å²) in [6.07, 6.45) is 3.20. The maximum absolute atomic E-state index is 10.4. The molecule has 16 heavy (non-hydrogen) atoms. The number of nitrogens with two attached hydrogens (primary N) is 1. The Labute approximate surface area is 99.3 Å². The number of thioether (sulfide) groups is 1. The van der Waals surface area contributed by atoms with Crippen LogP contribution in [0.5, 0.6) is 0 Å². The lowest BCUT2D eigenvalue weighted by Crippen LogP contribution is -2.30. The molecule has 0 aliphatic carbocycles. The molecule has 0 amide bonds. The van der Waals surface area contributed by atoms with Gasteiger partial charge in [-0.2, -0.15) is 11.8 Å². The lowest BCUT2D eigenvalue weighted by molar-refractivity contribution is -0.138. The van der Waals surface area contributed by atoms with Gasteiger partial charge in [0, 0.05) is 11.9 Å². The SMILES string of the molecule is N[C@@H](CCSCCc1ccccn1)C(=O)O. The highest BCUT2D eigenvalue weighted by Crippen LogP contribution is 2.07. The number of hydrogen-bond acceptors (Lipinski definition) is 4. The first-order valence-corrected chi connectivity index (χ1v) is 6.31. The molecule has 0 radical (unpaired) electrons. The summed E-state index contributed by atoms with van der Waals surface area (Å²) in [4.78, 5) is 14.6. The van der Waals surface area contributed by atoms with Gasteiger partial charge < -0.3 is 10.8 Å². The second-order valence-electron chi connectivity index (χ2n) is 3.42. The van der Waals surface area contributed by atoms with E-state index in [4.69, 9.17) is 10.8 Å². The van der Waals surface area contributed by atoms with Gasteiger partial charge in [-0.15, -0.1) is 0 Å². The predicted molar refractivity (Wildman–Crippen MR) is 65.5 cm³/mol. The zero-order valence-corrected chi connectivity index (χ0v) is 9.82. The Morgan fingerprint density at radius 1 is 1.50 bits per heavy atom. The van der Waals surface area contributed by atoms with Crippen LogP contribution in [0.25, 0.3) is 0 Å². The Morgan fingerprint density at radius 3 is 2.94 bits per heavy atom. The number of nitrogens with zero attached hydrogens (tertiary/aromatic N) is 1. The van der Waals surface area contributed by atoms with Gasteiger partial charge in [0.2, 0.25) is 0 Å². The molecular formula is C11H16N2O2S. The van der Waals surface area contributed by atoms with E-state index in [0.29, 0.717) is 6.42 Å². The molecule has 0 aliphatic rings. The zero-order valence-electron chi connectivity index (χ0n) is 9.00. The second kappa shape index (κ2) is 7.24. The first kappa shape index (κ1) is 13.0. The standard InChI is InChI=1S/C11H16N2O2S/c12-10(11(14)15)5-8-16-7-4-9-3-1-2-6-13-9/h1-3,6,10H,4-5,7-8,12H2,(H,14,15)/t10-/m0/s1. The number of carboxylic acid groups (broad SMARTS) is 1. The molecule has 0 saturated heterocycles. The van der Waals surface area contributed by atoms with Gasteiger partial charge in [-0.05, 0) is 36.5 Å². The molecule has 1 heterocycles. The topological polar surface area (TPSA) is 76.2 Å². The highest BCUT2D eigenvalue weighted by atomic mass is 32.2. The fourth-order valence-corrected chi connectivity index (χ4v) is 2.14. The number of carbonyl (C=O) groups is 1. The Kier molecular flexibility index (Phi) is 5.88. The van der Waals surface area contributed by atoms with Crippen molar-refractivity contribution in [2.75, 3.05) is 11.5 Å². The highest BCUT2D eigenvalue weighted by molar-refractivity contribution is 7.99. The monoisotopic (exact) mass is 240 g/mol. The molecule has 1 aromatic rings. The van der Waals surface area contributed by atoms with Gasteiger partial charge in [-0.3, -0.25) is 9.78 Å². The van der Waals surface area contributed by atoms with Crippen molar-refractivity contribution in [2.45, 2.75) is 18.9 Å². The Balaban J connectivity index is 2.07. The molecule has 3 N–H and O–H groups in total. The summed E-state index contributed by atoms with van der Waals surface area (Å²) in [6.45, 7) is 0. The summed E-state index contributed by atoms with van der Waals surface area (Å²) in [5.74, 6) is 0.800. The summed E-state index contributed by atoms with van der Waals surface area (Å²) in [7, 11) is 0. The molecule has 1 rings (SSSR count). The van der Waals surface area contributed by atoms with Crippen LogP contribution in [-0.2, 0) is 11.2 Å². The van der Waals surface area contributed by atoms with E-state index in [9.17, 15) is 4.79 Å². The average molecular weight is 240 g/mol. The zero-order chi connectivity index (χ0) is 11.8. The van der Waals surface area contributed by atoms with E-state index >= 15 is 0 Å². The van der Waals surface area contributed by atoms with Gasteiger partial charge in [-0.25, -0.2) is 0 Å². The van der Waals surface area contributed by atoms with Crippen LogP contribution in [0.2, 0.25) is 0 Å². The van der Waals surface area contributed by atoms with Gasteiger partial charge in [0.25, 0.3) is 0 Å². The number of hydrogen-bond donors (Lipinski definition) is 2. The lowest BCUT2D eigenvalue weighted by atomic mass is 10.2. The minimum atomic E-state index is -0.926. The van der Waals surface area contributed by atoms with Crippen molar-refractivity contribution in [3.8, 4) is 0 Å². The van der Waals surface area contributed by atoms with Crippen LogP contribution in [0.4, 0.5) is 0 Å². The fraction of sp³-hybridized carbons (Fsp3) is 0.455. The summed E-state index contributed by atoms with van der Waals surface area (Å²) in [6, 6.07) is 5.11. The molecule has 0 unspecified atom stereocenters. The Morgan fingerprint density at radius 2 is 2.31 bits per heavy atom. The highest BCUT2D eigenvalue weighted by Gasteiger charge is 2.09. The number of aliphatic carboxylic acids is 1. The first-order chi connectivity index (χ1) is 7.70. The van der Waals surface area contributed by atoms with Crippen molar-refractivity contribution in [3.63, 3.8) is 0 Å². The van der Waals surface area contributed by atoms with E-state index in [1.807, 2.05) is 18.2 Å². The first-order valence-electron chi connectivity index (χ1n) is 5.16. The lowest BCUT2D eigenvalue weighted by Gasteiger charge is -2.05. The predicted octanol–water partition coefficient (Wildman–Crippen LogP) is 1.16. The molecule has 5 heteroatoms. The number of rotatable bonds is 7. The van der Waals surface area contributed by atoms with Crippen LogP contribution in [0.1, 0.15) is 12.1 Å². The summed E-state index contributed by atoms with van der Waals surface area (Å²) >= 11 is 1.71. The van der Waals surface area contributed by atoms with Crippen molar-refractivity contribution >= 4 is 17.7 Å². The van der Waals surface area contributed by atoms with Gasteiger partial charge in [0.05, 0.1) is 0 Å². The molecule has 0 saturated carbocycles. The van der Waals surface area contributed by atoms with E-state index in [2.05, 4.69) is 4.98 Å². The quantitative estimate of drug-likeness (QED) is 0.699. The molecule has 0 spiro atoms. The number of pyridine rings is 1. The molecule has 1 atom stereocenters. The van der Waals surface area contributed by atoms with Gasteiger partial charge in [-0.1, -0.05) is 6.07 Å². The molecule has 0 fully saturated rings. The third-order valence-corrected chi connectivity index (χ3v) is 3.14. The van der Waals surface area contributed by atoms with Crippen LogP contribution < -0.4 is 5.73 Å². The van der Waals surface area contributed by atoms with Crippen molar-refractivity contribution in [2.24, 2.45) is 5.73 Å². The largest absolute Gasteiger partial charge is 0.480 e. The molecule has 88 valence electrons. The molecular weight excluding hydrogens is 224 g/mol. The van der Waals surface area contributed by atoms with E-state index < -0.39 is 12.0 Å². The van der Waals surface area contributed by atoms with Crippen LogP contribution in [0, 0.1) is 0 Å². The van der Waals surface area contributed by atoms with Crippen LogP contribution in [-0.4, -0.2) is 33.6 Å². The van der Waals surface area contributed by atoms with E-state index in [1.54, 1.807) is 18.0 Å². The van der Waals surface area contributed by atoms with Gasteiger partial charge in [0.15, 0.2) is 0 Å². The summed E-state index contributed by atoms with van der Waals surface area (Å²) in [5, 5.41) is 8.57. The van der Waals surface area contributed by atoms with Crippen molar-refractivity contribution in [1.82, 2.24) is 4.98 Å². The summed E-state index contributed by atoms with van der Waals surface area (Å²) in [5.41, 5.74) is 6.45. The van der Waals surface area contributed by atoms with E-state index in [1.165, 1.54) is 0 Å². The minimum absolute atomic E-state index is 0.516. The van der Waals surface area contributed by atoms with Gasteiger partial charge in [0.1, 0.15) is 6.04 Å². The number of aromatic nitrogens is 1. The molecule has 1 aromatic heterocycles. The van der Waals surface area contributed by atoms with E-state index in [0.717, 1.165) is 23.6 Å². The average Bonchev–Trinajstić information content (AvgIpc) is 2.29. The molecule has 4 nitrogen and oxygen atoms in total. The van der Waals surface area contributed by atoms with Crippen LogP contribution in [0.3, 0.4) is 0 Å². The molecule has 0 aromatic carbocycles. The van der Waals surface area contributed by atoms with Crippen molar-refractivity contribution in [1.29, 1.82) is 0 Å². The third-order valence-electron chi connectivity index (χ3n) is 2.12. The number of carboxylic acids is 1. The maximum atomic E-state index is 10.4. The van der Waals surface area contributed by atoms with Crippen molar-refractivity contribution in [3.05, 3.63) is 30.1 Å². The van der Waals surface area contributed by atoms with Crippen LogP contribution in [0.15, 0.2) is 24.4 Å². The Bertz CT molecular complexity index is 319. The fourth-order valence-electron chi connectivity index (χ4n) is 1.16. The maximum Gasteiger partial charge on any atom is 0.320 e. The third kappa shape index (κ3) is 5.14. The number of aryl methyl sites for hydroxylation is 1. The van der Waals surface area contributed by atoms with Crippen molar-refractivity contribution < 1.29 is 9.90 Å². The normalized spacial score (nSPS) is 12.3. The second-order valence-corrected chi connectivity index (χ2v) is 4.64. The van der Waals surface area contributed by atoms with Crippen LogP contribution >= 0.6 is 11.8 Å². The molecule has 0 aliphatic heterocycles. The Hall–Kier alpha value is -1.07. The minimum Gasteiger partial charge on any atom is -0.480 e. The summed E-state index contributed by atoms with van der Waals surface area (Å²) < 4.78 is 0. The smallest absolute Gasteiger partial charge is 0.320 e. The van der Waals surface area contributed by atoms with E-state index in [-0.39, 0.29) is 0 Å². The molecule has 0 bridgehead atoms. The van der Waals surface area contributed by atoms with Gasteiger partial charge >= 0.3 is 5.97 Å².